The number of hydrogen-bond acceptors (Lipinski definition) is 6. The first kappa shape index (κ1) is 18.9. The molecule has 2 atom stereocenters. The molecule has 0 aliphatic carbocycles. The van der Waals surface area contributed by atoms with Crippen LogP contribution >= 0.6 is 0 Å². The van der Waals surface area contributed by atoms with Crippen LogP contribution in [0.5, 0.6) is 11.5 Å². The Balaban J connectivity index is 1.70. The number of hydrogen-bond donors (Lipinski definition) is 2. The maximum atomic E-state index is 12.7. The highest BCUT2D eigenvalue weighted by atomic mass is 32.2. The SMILES string of the molecule is CC(NS(=O)(=O)c1ccc2c(c1)OCCCO2)C(=O)N1CCC(CN)C1. The minimum atomic E-state index is -3.86. The first-order valence-electron chi connectivity index (χ1n) is 8.81. The number of benzene rings is 1. The molecule has 1 amide bonds. The van der Waals surface area contributed by atoms with Gasteiger partial charge in [-0.2, -0.15) is 4.72 Å². The average molecular weight is 383 g/mol. The Hall–Kier alpha value is -1.84. The highest BCUT2D eigenvalue weighted by Gasteiger charge is 2.31. The van der Waals surface area contributed by atoms with E-state index in [0.29, 0.717) is 44.3 Å². The number of rotatable bonds is 5. The minimum absolute atomic E-state index is 0.0441. The van der Waals surface area contributed by atoms with Crippen molar-refractivity contribution in [3.63, 3.8) is 0 Å². The smallest absolute Gasteiger partial charge is 0.241 e. The third-order valence-corrected chi connectivity index (χ3v) is 6.20. The molecule has 1 fully saturated rings. The van der Waals surface area contributed by atoms with Gasteiger partial charge in [-0.15, -0.1) is 0 Å². The molecule has 2 heterocycles. The maximum absolute atomic E-state index is 12.7. The number of fused-ring (bicyclic) bond motifs is 1. The van der Waals surface area contributed by atoms with Crippen LogP contribution < -0.4 is 19.9 Å². The number of nitrogens with one attached hydrogen (secondary N) is 1. The van der Waals surface area contributed by atoms with E-state index in [1.807, 2.05) is 0 Å². The van der Waals surface area contributed by atoms with Crippen molar-refractivity contribution in [1.82, 2.24) is 9.62 Å². The van der Waals surface area contributed by atoms with Gasteiger partial charge in [-0.3, -0.25) is 4.79 Å². The van der Waals surface area contributed by atoms with Crippen LogP contribution in [-0.4, -0.2) is 58.1 Å². The van der Waals surface area contributed by atoms with Crippen molar-refractivity contribution in [2.45, 2.75) is 30.7 Å². The molecule has 26 heavy (non-hydrogen) atoms. The van der Waals surface area contributed by atoms with Crippen LogP contribution in [0.4, 0.5) is 0 Å². The summed E-state index contributed by atoms with van der Waals surface area (Å²) in [5.41, 5.74) is 5.65. The Morgan fingerprint density at radius 3 is 2.77 bits per heavy atom. The van der Waals surface area contributed by atoms with E-state index >= 15 is 0 Å². The molecule has 0 spiro atoms. The predicted molar refractivity (Wildman–Crippen MR) is 95.6 cm³/mol. The maximum Gasteiger partial charge on any atom is 0.241 e. The van der Waals surface area contributed by atoms with Gasteiger partial charge in [0.05, 0.1) is 24.2 Å². The van der Waals surface area contributed by atoms with E-state index in [4.69, 9.17) is 15.2 Å². The number of ether oxygens (including phenoxy) is 2. The normalized spacial score (nSPS) is 21.3. The number of nitrogens with zero attached hydrogens (tertiary/aromatic N) is 1. The number of amides is 1. The molecule has 2 aliphatic rings. The Morgan fingerprint density at radius 2 is 2.08 bits per heavy atom. The van der Waals surface area contributed by atoms with E-state index in [-0.39, 0.29) is 16.7 Å². The third kappa shape index (κ3) is 4.11. The van der Waals surface area contributed by atoms with Gasteiger partial charge < -0.3 is 20.1 Å². The highest BCUT2D eigenvalue weighted by molar-refractivity contribution is 7.89. The summed E-state index contributed by atoms with van der Waals surface area (Å²) in [6, 6.07) is 3.61. The summed E-state index contributed by atoms with van der Waals surface area (Å²) < 4.78 is 38.8. The van der Waals surface area contributed by atoms with Crippen molar-refractivity contribution in [1.29, 1.82) is 0 Å². The van der Waals surface area contributed by atoms with Gasteiger partial charge in [0, 0.05) is 25.6 Å². The molecule has 1 aromatic rings. The van der Waals surface area contributed by atoms with Gasteiger partial charge in [0.2, 0.25) is 15.9 Å². The van der Waals surface area contributed by atoms with E-state index in [1.54, 1.807) is 17.9 Å². The van der Waals surface area contributed by atoms with E-state index in [9.17, 15) is 13.2 Å². The molecule has 8 nitrogen and oxygen atoms in total. The second-order valence-electron chi connectivity index (χ2n) is 6.68. The Labute approximate surface area is 153 Å². The molecule has 9 heteroatoms. The van der Waals surface area contributed by atoms with Crippen LogP contribution in [0.3, 0.4) is 0 Å². The molecule has 3 rings (SSSR count). The molecule has 0 aromatic heterocycles. The van der Waals surface area contributed by atoms with Gasteiger partial charge in [0.15, 0.2) is 11.5 Å². The standard InChI is InChI=1S/C17H25N3O5S/c1-12(17(21)20-6-5-13(10-18)11-20)19-26(22,23)14-3-4-15-16(9-14)25-8-2-7-24-15/h3-4,9,12-13,19H,2,5-8,10-11,18H2,1H3. The van der Waals surface area contributed by atoms with Crippen LogP contribution in [0.1, 0.15) is 19.8 Å². The topological polar surface area (TPSA) is 111 Å². The summed E-state index contributed by atoms with van der Waals surface area (Å²) in [5.74, 6) is 0.966. The zero-order chi connectivity index (χ0) is 18.7. The van der Waals surface area contributed by atoms with E-state index in [0.717, 1.165) is 12.8 Å². The van der Waals surface area contributed by atoms with E-state index in [2.05, 4.69) is 4.72 Å². The minimum Gasteiger partial charge on any atom is -0.490 e. The fraction of sp³-hybridized carbons (Fsp3) is 0.588. The van der Waals surface area contributed by atoms with Crippen molar-refractivity contribution in [3.8, 4) is 11.5 Å². The first-order valence-corrected chi connectivity index (χ1v) is 10.3. The summed E-state index contributed by atoms with van der Waals surface area (Å²) in [7, 11) is -3.86. The molecule has 3 N–H and O–H groups in total. The molecule has 0 radical (unpaired) electrons. The lowest BCUT2D eigenvalue weighted by Crippen LogP contribution is -2.46. The molecule has 2 unspecified atom stereocenters. The molecule has 2 aliphatic heterocycles. The molecule has 144 valence electrons. The monoisotopic (exact) mass is 383 g/mol. The second-order valence-corrected chi connectivity index (χ2v) is 8.39. The van der Waals surface area contributed by atoms with Crippen LogP contribution in [0, 0.1) is 5.92 Å². The van der Waals surface area contributed by atoms with Crippen molar-refractivity contribution >= 4 is 15.9 Å². The van der Waals surface area contributed by atoms with Crippen molar-refractivity contribution < 1.29 is 22.7 Å². The van der Waals surface area contributed by atoms with Gasteiger partial charge in [-0.05, 0) is 37.9 Å². The first-order chi connectivity index (χ1) is 12.4. The molecule has 1 saturated heterocycles. The Bertz CT molecular complexity index is 768. The number of likely N-dealkylation sites (tertiary alicyclic amines) is 1. The van der Waals surface area contributed by atoms with Gasteiger partial charge in [0.25, 0.3) is 0 Å². The average Bonchev–Trinajstić information content (AvgIpc) is 2.98. The lowest BCUT2D eigenvalue weighted by Gasteiger charge is -2.22. The molecule has 1 aromatic carbocycles. The number of carbonyl (C=O) groups excluding carboxylic acids is 1. The van der Waals surface area contributed by atoms with Crippen LogP contribution in [-0.2, 0) is 14.8 Å². The number of nitrogens with two attached hydrogens (primary N) is 1. The second kappa shape index (κ2) is 7.81. The van der Waals surface area contributed by atoms with Crippen LogP contribution in [0.15, 0.2) is 23.1 Å². The van der Waals surface area contributed by atoms with Crippen molar-refractivity contribution in [2.75, 3.05) is 32.8 Å². The summed E-state index contributed by atoms with van der Waals surface area (Å²) in [6.07, 6.45) is 1.59. The summed E-state index contributed by atoms with van der Waals surface area (Å²) >= 11 is 0. The lowest BCUT2D eigenvalue weighted by atomic mass is 10.1. The molecular formula is C17H25N3O5S. The molecule has 0 saturated carbocycles. The van der Waals surface area contributed by atoms with E-state index in [1.165, 1.54) is 12.1 Å². The van der Waals surface area contributed by atoms with Gasteiger partial charge >= 0.3 is 0 Å². The van der Waals surface area contributed by atoms with Crippen molar-refractivity contribution in [2.24, 2.45) is 11.7 Å². The Morgan fingerprint density at radius 1 is 1.35 bits per heavy atom. The zero-order valence-corrected chi connectivity index (χ0v) is 15.6. The fourth-order valence-electron chi connectivity index (χ4n) is 3.16. The zero-order valence-electron chi connectivity index (χ0n) is 14.8. The van der Waals surface area contributed by atoms with Gasteiger partial charge in [-0.25, -0.2) is 8.42 Å². The summed E-state index contributed by atoms with van der Waals surface area (Å²) in [6.45, 7) is 4.26. The predicted octanol–water partition coefficient (Wildman–Crippen LogP) is 0.322. The lowest BCUT2D eigenvalue weighted by molar-refractivity contribution is -0.131. The van der Waals surface area contributed by atoms with Crippen LogP contribution in [0.2, 0.25) is 0 Å². The highest BCUT2D eigenvalue weighted by Crippen LogP contribution is 2.32. The van der Waals surface area contributed by atoms with E-state index < -0.39 is 16.1 Å². The largest absolute Gasteiger partial charge is 0.490 e. The quantitative estimate of drug-likeness (QED) is 0.758. The molecular weight excluding hydrogens is 358 g/mol. The molecule has 0 bridgehead atoms. The van der Waals surface area contributed by atoms with Gasteiger partial charge in [0.1, 0.15) is 0 Å². The summed E-state index contributed by atoms with van der Waals surface area (Å²) in [4.78, 5) is 14.2. The Kier molecular flexibility index (Phi) is 5.69. The third-order valence-electron chi connectivity index (χ3n) is 4.66. The van der Waals surface area contributed by atoms with Crippen molar-refractivity contribution in [3.05, 3.63) is 18.2 Å². The van der Waals surface area contributed by atoms with Crippen LogP contribution in [0.25, 0.3) is 0 Å². The number of carbonyl (C=O) groups is 1. The summed E-state index contributed by atoms with van der Waals surface area (Å²) in [5, 5.41) is 0. The van der Waals surface area contributed by atoms with Gasteiger partial charge in [-0.1, -0.05) is 0 Å². The fourth-order valence-corrected chi connectivity index (χ4v) is 4.37. The number of sulfonamides is 1.